The highest BCUT2D eigenvalue weighted by atomic mass is 16.5. The summed E-state index contributed by atoms with van der Waals surface area (Å²) in [7, 11) is 4.18. The number of anilines is 1. The number of likely N-dealkylation sites (tertiary alicyclic amines) is 1. The summed E-state index contributed by atoms with van der Waals surface area (Å²) in [6.45, 7) is 6.68. The number of fused-ring (bicyclic) bond motifs is 1. The Morgan fingerprint density at radius 2 is 1.69 bits per heavy atom. The van der Waals surface area contributed by atoms with Crippen molar-refractivity contribution in [3.63, 3.8) is 0 Å². The summed E-state index contributed by atoms with van der Waals surface area (Å²) >= 11 is 0. The Labute approximate surface area is 192 Å². The Balaban J connectivity index is 1.11. The first-order valence-corrected chi connectivity index (χ1v) is 12.3. The number of benzene rings is 1. The molecule has 3 heterocycles. The summed E-state index contributed by atoms with van der Waals surface area (Å²) in [5.41, 5.74) is 3.36. The number of rotatable bonds is 7. The SMILES string of the molecule is CN(C)Cc1ccc(-c2ccc(NC3C[C@@H]4CN(CC5CCOCC5)C[C@@H]4C3)nn2)cc1. The summed E-state index contributed by atoms with van der Waals surface area (Å²) < 4.78 is 5.52. The van der Waals surface area contributed by atoms with E-state index < -0.39 is 0 Å². The number of hydrogen-bond acceptors (Lipinski definition) is 6. The van der Waals surface area contributed by atoms with Crippen LogP contribution in [0.2, 0.25) is 0 Å². The van der Waals surface area contributed by atoms with Crippen LogP contribution in [0.4, 0.5) is 5.82 Å². The fraction of sp³-hybridized carbons (Fsp3) is 0.615. The van der Waals surface area contributed by atoms with Crippen LogP contribution in [-0.4, -0.2) is 73.0 Å². The Hall–Kier alpha value is -2.02. The third kappa shape index (κ3) is 5.30. The lowest BCUT2D eigenvalue weighted by atomic mass is 10.00. The van der Waals surface area contributed by atoms with Crippen molar-refractivity contribution in [1.29, 1.82) is 0 Å². The van der Waals surface area contributed by atoms with Crippen LogP contribution in [-0.2, 0) is 11.3 Å². The van der Waals surface area contributed by atoms with E-state index in [1.165, 1.54) is 50.9 Å². The third-order valence-electron chi connectivity index (χ3n) is 7.45. The molecule has 0 radical (unpaired) electrons. The fourth-order valence-corrected chi connectivity index (χ4v) is 5.88. The van der Waals surface area contributed by atoms with Crippen LogP contribution in [0.1, 0.15) is 31.2 Å². The van der Waals surface area contributed by atoms with Crippen molar-refractivity contribution < 1.29 is 4.74 Å². The van der Waals surface area contributed by atoms with Crippen molar-refractivity contribution in [2.45, 2.75) is 38.3 Å². The molecule has 1 aromatic carbocycles. The Bertz CT molecular complexity index is 849. The molecule has 3 fully saturated rings. The molecule has 3 aliphatic rings. The first-order valence-electron chi connectivity index (χ1n) is 12.3. The van der Waals surface area contributed by atoms with Gasteiger partial charge >= 0.3 is 0 Å². The molecule has 0 bridgehead atoms. The topological polar surface area (TPSA) is 53.5 Å². The zero-order chi connectivity index (χ0) is 21.9. The van der Waals surface area contributed by atoms with Gasteiger partial charge in [0.1, 0.15) is 5.82 Å². The van der Waals surface area contributed by atoms with E-state index in [1.807, 2.05) is 0 Å². The van der Waals surface area contributed by atoms with Gasteiger partial charge in [0.2, 0.25) is 0 Å². The standard InChI is InChI=1S/C26H37N5O/c1-30(2)15-19-3-5-21(6-4-19)25-7-8-26(29-28-25)27-24-13-22-17-31(18-23(22)14-24)16-20-9-11-32-12-10-20/h3-8,20,22-24H,9-18H2,1-2H3,(H,27,29)/t22-,23+,24?. The number of aromatic nitrogens is 2. The molecule has 1 aromatic heterocycles. The Morgan fingerprint density at radius 3 is 2.31 bits per heavy atom. The lowest BCUT2D eigenvalue weighted by Crippen LogP contribution is -2.32. The van der Waals surface area contributed by atoms with E-state index >= 15 is 0 Å². The minimum atomic E-state index is 0.528. The van der Waals surface area contributed by atoms with E-state index in [2.05, 4.69) is 75.8 Å². The average molecular weight is 436 g/mol. The van der Waals surface area contributed by atoms with Crippen molar-refractivity contribution in [1.82, 2.24) is 20.0 Å². The van der Waals surface area contributed by atoms with Crippen molar-refractivity contribution in [2.75, 3.05) is 52.3 Å². The molecule has 2 aliphatic heterocycles. The molecule has 0 amide bonds. The molecule has 6 heteroatoms. The Kier molecular flexibility index (Phi) is 6.72. The van der Waals surface area contributed by atoms with Crippen LogP contribution in [0.25, 0.3) is 11.3 Å². The molecule has 32 heavy (non-hydrogen) atoms. The fourth-order valence-electron chi connectivity index (χ4n) is 5.88. The maximum Gasteiger partial charge on any atom is 0.148 e. The molecular formula is C26H37N5O. The van der Waals surface area contributed by atoms with Crippen LogP contribution < -0.4 is 5.32 Å². The molecule has 3 atom stereocenters. The minimum Gasteiger partial charge on any atom is -0.381 e. The summed E-state index contributed by atoms with van der Waals surface area (Å²) in [5.74, 6) is 3.41. The first-order chi connectivity index (χ1) is 15.6. The van der Waals surface area contributed by atoms with Gasteiger partial charge in [0.15, 0.2) is 0 Å². The van der Waals surface area contributed by atoms with Crippen LogP contribution in [0.3, 0.4) is 0 Å². The zero-order valence-electron chi connectivity index (χ0n) is 19.5. The molecule has 1 N–H and O–H groups in total. The van der Waals surface area contributed by atoms with Crippen LogP contribution in [0, 0.1) is 17.8 Å². The minimum absolute atomic E-state index is 0.528. The van der Waals surface area contributed by atoms with E-state index in [0.29, 0.717) is 6.04 Å². The van der Waals surface area contributed by atoms with Crippen molar-refractivity contribution in [3.05, 3.63) is 42.0 Å². The van der Waals surface area contributed by atoms with Crippen molar-refractivity contribution in [3.8, 4) is 11.3 Å². The number of hydrogen-bond donors (Lipinski definition) is 1. The smallest absolute Gasteiger partial charge is 0.148 e. The number of ether oxygens (including phenoxy) is 1. The largest absolute Gasteiger partial charge is 0.381 e. The quantitative estimate of drug-likeness (QED) is 0.715. The number of nitrogens with zero attached hydrogens (tertiary/aromatic N) is 4. The monoisotopic (exact) mass is 435 g/mol. The van der Waals surface area contributed by atoms with Gasteiger partial charge in [-0.1, -0.05) is 24.3 Å². The van der Waals surface area contributed by atoms with Crippen molar-refractivity contribution >= 4 is 5.82 Å². The second-order valence-electron chi connectivity index (χ2n) is 10.3. The molecule has 1 aliphatic carbocycles. The number of nitrogens with one attached hydrogen (secondary N) is 1. The predicted molar refractivity (Wildman–Crippen MR) is 128 cm³/mol. The molecule has 2 aromatic rings. The van der Waals surface area contributed by atoms with Crippen LogP contribution in [0.15, 0.2) is 36.4 Å². The maximum absolute atomic E-state index is 5.52. The predicted octanol–water partition coefficient (Wildman–Crippen LogP) is 3.75. The van der Waals surface area contributed by atoms with Gasteiger partial charge in [0.05, 0.1) is 5.69 Å². The first kappa shape index (κ1) is 21.8. The lowest BCUT2D eigenvalue weighted by Gasteiger charge is -2.27. The highest BCUT2D eigenvalue weighted by Crippen LogP contribution is 2.39. The van der Waals surface area contributed by atoms with Gasteiger partial charge in [-0.05, 0) is 75.2 Å². The van der Waals surface area contributed by atoms with Crippen molar-refractivity contribution in [2.24, 2.45) is 17.8 Å². The van der Waals surface area contributed by atoms with Gasteiger partial charge in [-0.3, -0.25) is 0 Å². The van der Waals surface area contributed by atoms with Gasteiger partial charge in [-0.15, -0.1) is 10.2 Å². The van der Waals surface area contributed by atoms with Gasteiger partial charge < -0.3 is 19.9 Å². The second-order valence-corrected chi connectivity index (χ2v) is 10.3. The van der Waals surface area contributed by atoms with E-state index in [4.69, 9.17) is 4.74 Å². The maximum atomic E-state index is 5.52. The summed E-state index contributed by atoms with van der Waals surface area (Å²) in [6.07, 6.45) is 4.99. The van der Waals surface area contributed by atoms with Gasteiger partial charge in [-0.25, -0.2) is 0 Å². The van der Waals surface area contributed by atoms with E-state index in [-0.39, 0.29) is 0 Å². The van der Waals surface area contributed by atoms with Gasteiger partial charge in [0, 0.05) is 51.0 Å². The van der Waals surface area contributed by atoms with Gasteiger partial charge in [0.25, 0.3) is 0 Å². The molecule has 1 unspecified atom stereocenters. The molecule has 172 valence electrons. The molecule has 6 nitrogen and oxygen atoms in total. The van der Waals surface area contributed by atoms with Crippen LogP contribution >= 0.6 is 0 Å². The lowest BCUT2D eigenvalue weighted by molar-refractivity contribution is 0.0545. The highest BCUT2D eigenvalue weighted by Gasteiger charge is 2.41. The molecular weight excluding hydrogens is 398 g/mol. The van der Waals surface area contributed by atoms with E-state index in [9.17, 15) is 0 Å². The summed E-state index contributed by atoms with van der Waals surface area (Å²) in [5, 5.41) is 12.6. The third-order valence-corrected chi connectivity index (χ3v) is 7.45. The molecule has 1 saturated carbocycles. The van der Waals surface area contributed by atoms with Crippen LogP contribution in [0.5, 0.6) is 0 Å². The average Bonchev–Trinajstić information content (AvgIpc) is 3.33. The Morgan fingerprint density at radius 1 is 0.969 bits per heavy atom. The highest BCUT2D eigenvalue weighted by molar-refractivity contribution is 5.60. The van der Waals surface area contributed by atoms with E-state index in [1.54, 1.807) is 0 Å². The molecule has 0 spiro atoms. The normalized spacial score (nSPS) is 26.5. The molecule has 5 rings (SSSR count). The second kappa shape index (κ2) is 9.86. The summed E-state index contributed by atoms with van der Waals surface area (Å²) in [6, 6.07) is 13.3. The zero-order valence-corrected chi connectivity index (χ0v) is 19.5. The molecule has 2 saturated heterocycles. The van der Waals surface area contributed by atoms with E-state index in [0.717, 1.165) is 54.6 Å². The van der Waals surface area contributed by atoms with Gasteiger partial charge in [-0.2, -0.15) is 0 Å². The summed E-state index contributed by atoms with van der Waals surface area (Å²) in [4.78, 5) is 4.90.